The number of halogens is 3. The highest BCUT2D eigenvalue weighted by molar-refractivity contribution is 7.99. The molecule has 26 heavy (non-hydrogen) atoms. The summed E-state index contributed by atoms with van der Waals surface area (Å²) in [5, 5.41) is 3.08. The second-order valence-corrected chi connectivity index (χ2v) is 6.63. The number of hydrogen-bond donors (Lipinski definition) is 1. The first-order valence-corrected chi connectivity index (χ1v) is 8.78. The molecule has 0 aliphatic carbocycles. The van der Waals surface area contributed by atoms with E-state index in [1.54, 1.807) is 12.1 Å². The highest BCUT2D eigenvalue weighted by Gasteiger charge is 2.17. The Morgan fingerprint density at radius 1 is 1.27 bits per heavy atom. The number of carbonyl (C=O) groups excluding carboxylic acids is 1. The van der Waals surface area contributed by atoms with Crippen LogP contribution in [0.5, 0.6) is 0 Å². The van der Waals surface area contributed by atoms with Gasteiger partial charge in [0.05, 0.1) is 22.3 Å². The van der Waals surface area contributed by atoms with E-state index in [1.807, 2.05) is 0 Å². The van der Waals surface area contributed by atoms with Crippen LogP contribution in [0, 0.1) is 11.6 Å². The zero-order chi connectivity index (χ0) is 18.8. The highest BCUT2D eigenvalue weighted by Crippen LogP contribution is 2.24. The lowest BCUT2D eigenvalue weighted by Gasteiger charge is -2.14. The molecule has 0 aliphatic rings. The largest absolute Gasteiger partial charge is 0.358 e. The number of rotatable bonds is 4. The van der Waals surface area contributed by atoms with Crippen molar-refractivity contribution < 1.29 is 13.6 Å². The first kappa shape index (κ1) is 18.3. The molecule has 0 fully saturated rings. The Balaban J connectivity index is 2.27. The second-order valence-electron chi connectivity index (χ2n) is 5.25. The fraction of sp³-hybridized carbons (Fsp3) is 0.118. The molecule has 1 N–H and O–H groups in total. The molecule has 3 rings (SSSR count). The molecular formula is C17H12ClF2N3O2S. The van der Waals surface area contributed by atoms with Gasteiger partial charge in [-0.25, -0.2) is 13.8 Å². The summed E-state index contributed by atoms with van der Waals surface area (Å²) in [5.74, 6) is -2.00. The highest BCUT2D eigenvalue weighted by atomic mass is 35.5. The number of fused-ring (bicyclic) bond motifs is 1. The Hall–Kier alpha value is -2.45. The molecular weight excluding hydrogens is 384 g/mol. The van der Waals surface area contributed by atoms with E-state index in [9.17, 15) is 18.4 Å². The third kappa shape index (κ3) is 3.56. The molecule has 134 valence electrons. The SMILES string of the molecule is CNC(=O)CSc1nc2ccc(Cl)cc2c(=O)n1-c1ccc(F)cc1F. The van der Waals surface area contributed by atoms with Crippen molar-refractivity contribution in [3.8, 4) is 5.69 Å². The molecule has 2 aromatic carbocycles. The van der Waals surface area contributed by atoms with E-state index in [-0.39, 0.29) is 27.9 Å². The summed E-state index contributed by atoms with van der Waals surface area (Å²) in [5.41, 5.74) is -0.370. The van der Waals surface area contributed by atoms with Crippen LogP contribution in [0.15, 0.2) is 46.3 Å². The fourth-order valence-electron chi connectivity index (χ4n) is 2.31. The molecule has 0 aliphatic heterocycles. The zero-order valence-electron chi connectivity index (χ0n) is 13.4. The van der Waals surface area contributed by atoms with Gasteiger partial charge in [-0.15, -0.1) is 0 Å². The molecule has 0 spiro atoms. The van der Waals surface area contributed by atoms with Crippen LogP contribution in [0.25, 0.3) is 16.6 Å². The molecule has 0 bridgehead atoms. The average Bonchev–Trinajstić information content (AvgIpc) is 2.61. The maximum atomic E-state index is 14.3. The van der Waals surface area contributed by atoms with Crippen molar-refractivity contribution in [2.24, 2.45) is 0 Å². The molecule has 0 atom stereocenters. The number of hydrogen-bond acceptors (Lipinski definition) is 4. The normalized spacial score (nSPS) is 10.9. The number of nitrogens with one attached hydrogen (secondary N) is 1. The van der Waals surface area contributed by atoms with E-state index in [4.69, 9.17) is 11.6 Å². The molecule has 1 aromatic heterocycles. The molecule has 0 saturated carbocycles. The number of nitrogens with zero attached hydrogens (tertiary/aromatic N) is 2. The Kier molecular flexibility index (Phi) is 5.24. The summed E-state index contributed by atoms with van der Waals surface area (Å²) in [6, 6.07) is 7.43. The quantitative estimate of drug-likeness (QED) is 0.544. The van der Waals surface area contributed by atoms with E-state index >= 15 is 0 Å². The van der Waals surface area contributed by atoms with Crippen LogP contribution < -0.4 is 10.9 Å². The van der Waals surface area contributed by atoms with Crippen molar-refractivity contribution in [2.75, 3.05) is 12.8 Å². The van der Waals surface area contributed by atoms with Gasteiger partial charge in [-0.05, 0) is 30.3 Å². The number of aromatic nitrogens is 2. The van der Waals surface area contributed by atoms with Crippen molar-refractivity contribution >= 4 is 40.2 Å². The Bertz CT molecular complexity index is 1070. The van der Waals surface area contributed by atoms with Gasteiger partial charge in [-0.3, -0.25) is 14.2 Å². The number of amides is 1. The molecule has 9 heteroatoms. The molecule has 1 heterocycles. The van der Waals surface area contributed by atoms with Crippen LogP contribution in [-0.2, 0) is 4.79 Å². The number of benzene rings is 2. The minimum absolute atomic E-state index is 0.0230. The van der Waals surface area contributed by atoms with E-state index < -0.39 is 17.2 Å². The van der Waals surface area contributed by atoms with Crippen LogP contribution >= 0.6 is 23.4 Å². The van der Waals surface area contributed by atoms with Gasteiger partial charge < -0.3 is 5.32 Å². The Morgan fingerprint density at radius 2 is 2.04 bits per heavy atom. The van der Waals surface area contributed by atoms with Crippen LogP contribution in [0.3, 0.4) is 0 Å². The lowest BCUT2D eigenvalue weighted by molar-refractivity contribution is -0.118. The lowest BCUT2D eigenvalue weighted by Crippen LogP contribution is -2.24. The van der Waals surface area contributed by atoms with Crippen molar-refractivity contribution in [2.45, 2.75) is 5.16 Å². The van der Waals surface area contributed by atoms with Crippen LogP contribution in [-0.4, -0.2) is 28.3 Å². The predicted octanol–water partition coefficient (Wildman–Crippen LogP) is 3.16. The summed E-state index contributed by atoms with van der Waals surface area (Å²) >= 11 is 6.91. The molecule has 0 unspecified atom stereocenters. The summed E-state index contributed by atoms with van der Waals surface area (Å²) < 4.78 is 28.6. The van der Waals surface area contributed by atoms with Gasteiger partial charge in [0.1, 0.15) is 11.6 Å². The fourth-order valence-corrected chi connectivity index (χ4v) is 3.36. The third-order valence-electron chi connectivity index (χ3n) is 3.56. The number of thioether (sulfide) groups is 1. The third-order valence-corrected chi connectivity index (χ3v) is 4.73. The summed E-state index contributed by atoms with van der Waals surface area (Å²) in [6.45, 7) is 0. The van der Waals surface area contributed by atoms with Gasteiger partial charge in [-0.1, -0.05) is 23.4 Å². The van der Waals surface area contributed by atoms with Gasteiger partial charge in [-0.2, -0.15) is 0 Å². The van der Waals surface area contributed by atoms with Crippen molar-refractivity contribution in [3.05, 3.63) is 63.4 Å². The van der Waals surface area contributed by atoms with Gasteiger partial charge in [0.25, 0.3) is 5.56 Å². The second kappa shape index (κ2) is 7.43. The number of carbonyl (C=O) groups is 1. The standard InChI is InChI=1S/C17H12ClF2N3O2S/c1-21-15(24)8-26-17-22-13-4-2-9(18)6-11(13)16(25)23(17)14-5-3-10(19)7-12(14)20/h2-7H,8H2,1H3,(H,21,24). The minimum atomic E-state index is -0.919. The lowest BCUT2D eigenvalue weighted by atomic mass is 10.2. The van der Waals surface area contributed by atoms with E-state index in [0.29, 0.717) is 16.6 Å². The monoisotopic (exact) mass is 395 g/mol. The molecule has 1 amide bonds. The maximum absolute atomic E-state index is 14.3. The van der Waals surface area contributed by atoms with Crippen molar-refractivity contribution in [1.29, 1.82) is 0 Å². The van der Waals surface area contributed by atoms with Crippen molar-refractivity contribution in [3.63, 3.8) is 0 Å². The predicted molar refractivity (Wildman–Crippen MR) is 97.1 cm³/mol. The van der Waals surface area contributed by atoms with Crippen molar-refractivity contribution in [1.82, 2.24) is 14.9 Å². The smallest absolute Gasteiger partial charge is 0.266 e. The molecule has 5 nitrogen and oxygen atoms in total. The van der Waals surface area contributed by atoms with E-state index in [1.165, 1.54) is 13.1 Å². The van der Waals surface area contributed by atoms with Crippen LogP contribution in [0.2, 0.25) is 5.02 Å². The summed E-state index contributed by atoms with van der Waals surface area (Å²) in [6.07, 6.45) is 0. The Morgan fingerprint density at radius 3 is 2.73 bits per heavy atom. The summed E-state index contributed by atoms with van der Waals surface area (Å²) in [4.78, 5) is 28.8. The zero-order valence-corrected chi connectivity index (χ0v) is 15.0. The van der Waals surface area contributed by atoms with Gasteiger partial charge in [0.15, 0.2) is 5.16 Å². The molecule has 3 aromatic rings. The van der Waals surface area contributed by atoms with E-state index in [2.05, 4.69) is 10.3 Å². The molecule has 0 saturated heterocycles. The maximum Gasteiger partial charge on any atom is 0.266 e. The van der Waals surface area contributed by atoms with Gasteiger partial charge >= 0.3 is 0 Å². The Labute approximate surface area is 156 Å². The first-order valence-electron chi connectivity index (χ1n) is 7.42. The van der Waals surface area contributed by atoms with E-state index in [0.717, 1.165) is 28.5 Å². The average molecular weight is 396 g/mol. The minimum Gasteiger partial charge on any atom is -0.358 e. The van der Waals surface area contributed by atoms with Gasteiger partial charge in [0, 0.05) is 18.1 Å². The molecule has 0 radical (unpaired) electrons. The summed E-state index contributed by atoms with van der Waals surface area (Å²) in [7, 11) is 1.48. The topological polar surface area (TPSA) is 64.0 Å². The van der Waals surface area contributed by atoms with Crippen LogP contribution in [0.4, 0.5) is 8.78 Å². The first-order chi connectivity index (χ1) is 12.4. The van der Waals surface area contributed by atoms with Gasteiger partial charge in [0.2, 0.25) is 5.91 Å². The van der Waals surface area contributed by atoms with Crippen LogP contribution in [0.1, 0.15) is 0 Å².